The predicted molar refractivity (Wildman–Crippen MR) is 77.2 cm³/mol. The highest BCUT2D eigenvalue weighted by atomic mass is 16.4. The monoisotopic (exact) mass is 281 g/mol. The van der Waals surface area contributed by atoms with Crippen LogP contribution in [0.25, 0.3) is 0 Å². The van der Waals surface area contributed by atoms with E-state index in [1.165, 1.54) is 25.7 Å². The van der Waals surface area contributed by atoms with Crippen molar-refractivity contribution in [2.24, 2.45) is 23.7 Å². The van der Waals surface area contributed by atoms with Gasteiger partial charge < -0.3 is 10.4 Å². The predicted octanol–water partition coefficient (Wildman–Crippen LogP) is 2.82. The molecule has 0 aromatic rings. The second-order valence-corrected chi connectivity index (χ2v) is 6.88. The maximum absolute atomic E-state index is 12.3. The van der Waals surface area contributed by atoms with Gasteiger partial charge in [-0.05, 0) is 37.0 Å². The lowest BCUT2D eigenvalue weighted by atomic mass is 9.67. The second-order valence-electron chi connectivity index (χ2n) is 6.88. The van der Waals surface area contributed by atoms with Gasteiger partial charge in [0.2, 0.25) is 5.91 Å². The van der Waals surface area contributed by atoms with Crippen molar-refractivity contribution in [1.29, 1.82) is 0 Å². The maximum Gasteiger partial charge on any atom is 0.326 e. The summed E-state index contributed by atoms with van der Waals surface area (Å²) in [6, 6.07) is -0.758. The summed E-state index contributed by atoms with van der Waals surface area (Å²) in [5, 5.41) is 11.9. The van der Waals surface area contributed by atoms with Gasteiger partial charge in [-0.1, -0.05) is 39.5 Å². The summed E-state index contributed by atoms with van der Waals surface area (Å²) < 4.78 is 0. The molecule has 2 saturated carbocycles. The molecule has 0 radical (unpaired) electrons. The van der Waals surface area contributed by atoms with Crippen molar-refractivity contribution in [2.75, 3.05) is 0 Å². The average molecular weight is 281 g/mol. The molecular formula is C16H27NO3. The highest BCUT2D eigenvalue weighted by molar-refractivity contribution is 5.85. The normalized spacial score (nSPS) is 31.4. The van der Waals surface area contributed by atoms with Crippen LogP contribution in [0.2, 0.25) is 0 Å². The van der Waals surface area contributed by atoms with Gasteiger partial charge in [-0.25, -0.2) is 4.79 Å². The minimum atomic E-state index is -0.931. The molecule has 2 N–H and O–H groups in total. The molecule has 4 unspecified atom stereocenters. The Labute approximate surface area is 121 Å². The summed E-state index contributed by atoms with van der Waals surface area (Å²) in [7, 11) is 0. The molecule has 0 heterocycles. The Balaban J connectivity index is 1.91. The summed E-state index contributed by atoms with van der Waals surface area (Å²) in [5.74, 6) is 0.469. The Kier molecular flexibility index (Phi) is 5.06. The summed E-state index contributed by atoms with van der Waals surface area (Å²) in [5.41, 5.74) is 0. The van der Waals surface area contributed by atoms with Crippen molar-refractivity contribution in [3.63, 3.8) is 0 Å². The van der Waals surface area contributed by atoms with Gasteiger partial charge in [-0.3, -0.25) is 4.79 Å². The highest BCUT2D eigenvalue weighted by Crippen LogP contribution is 2.42. The maximum atomic E-state index is 12.3. The van der Waals surface area contributed by atoms with E-state index in [9.17, 15) is 9.59 Å². The lowest BCUT2D eigenvalue weighted by molar-refractivity contribution is -0.144. The number of aliphatic carboxylic acids is 1. The summed E-state index contributed by atoms with van der Waals surface area (Å²) in [6.45, 7) is 3.66. The van der Waals surface area contributed by atoms with Crippen LogP contribution in [0.3, 0.4) is 0 Å². The van der Waals surface area contributed by atoms with E-state index < -0.39 is 12.0 Å². The third kappa shape index (κ3) is 3.53. The molecule has 2 fully saturated rings. The van der Waals surface area contributed by atoms with Crippen molar-refractivity contribution in [3.8, 4) is 0 Å². The van der Waals surface area contributed by atoms with Gasteiger partial charge in [0.25, 0.3) is 0 Å². The summed E-state index contributed by atoms with van der Waals surface area (Å²) in [4.78, 5) is 23.5. The zero-order valence-corrected chi connectivity index (χ0v) is 12.6. The van der Waals surface area contributed by atoms with Crippen LogP contribution in [0.1, 0.15) is 58.8 Å². The van der Waals surface area contributed by atoms with Crippen molar-refractivity contribution < 1.29 is 14.7 Å². The van der Waals surface area contributed by atoms with E-state index in [1.807, 2.05) is 13.8 Å². The van der Waals surface area contributed by atoms with Crippen LogP contribution >= 0.6 is 0 Å². The van der Waals surface area contributed by atoms with Crippen molar-refractivity contribution in [2.45, 2.75) is 64.8 Å². The number of rotatable bonds is 4. The molecule has 20 heavy (non-hydrogen) atoms. The molecule has 0 spiro atoms. The standard InChI is InChI=1S/C16H27NO3/c1-10(2)14(16(19)20)17-15(18)13-8-7-11-5-3-4-6-12(11)9-13/h10-14H,3-9H2,1-2H3,(H,17,18)(H,19,20). The molecule has 4 nitrogen and oxygen atoms in total. The zero-order chi connectivity index (χ0) is 14.7. The molecule has 0 aromatic heterocycles. The van der Waals surface area contributed by atoms with Gasteiger partial charge in [0.05, 0.1) is 0 Å². The molecule has 0 saturated heterocycles. The molecule has 4 heteroatoms. The minimum absolute atomic E-state index is 0.0231. The first kappa shape index (κ1) is 15.3. The summed E-state index contributed by atoms with van der Waals surface area (Å²) in [6.07, 6.45) is 8.23. The van der Waals surface area contributed by atoms with Crippen LogP contribution in [0.4, 0.5) is 0 Å². The molecule has 1 amide bonds. The van der Waals surface area contributed by atoms with Crippen LogP contribution in [-0.4, -0.2) is 23.0 Å². The third-order valence-electron chi connectivity index (χ3n) is 5.14. The fraction of sp³-hybridized carbons (Fsp3) is 0.875. The number of carboxylic acid groups (broad SMARTS) is 1. The highest BCUT2D eigenvalue weighted by Gasteiger charge is 2.36. The van der Waals surface area contributed by atoms with Gasteiger partial charge in [0.1, 0.15) is 6.04 Å². The van der Waals surface area contributed by atoms with Gasteiger partial charge >= 0.3 is 5.97 Å². The molecule has 0 aromatic carbocycles. The Morgan fingerprint density at radius 2 is 1.70 bits per heavy atom. The Morgan fingerprint density at radius 3 is 2.30 bits per heavy atom. The second kappa shape index (κ2) is 6.59. The fourth-order valence-corrected chi connectivity index (χ4v) is 3.90. The van der Waals surface area contributed by atoms with Gasteiger partial charge in [0, 0.05) is 5.92 Å². The lowest BCUT2D eigenvalue weighted by Gasteiger charge is -2.39. The lowest BCUT2D eigenvalue weighted by Crippen LogP contribution is -2.48. The first-order chi connectivity index (χ1) is 9.49. The van der Waals surface area contributed by atoms with Crippen LogP contribution in [-0.2, 0) is 9.59 Å². The number of carboxylic acids is 1. The van der Waals surface area contributed by atoms with E-state index in [4.69, 9.17) is 5.11 Å². The van der Waals surface area contributed by atoms with E-state index in [0.717, 1.165) is 25.2 Å². The van der Waals surface area contributed by atoms with E-state index >= 15 is 0 Å². The number of nitrogens with one attached hydrogen (secondary N) is 1. The molecule has 2 rings (SSSR count). The first-order valence-corrected chi connectivity index (χ1v) is 8.02. The Bertz CT molecular complexity index is 367. The molecule has 2 aliphatic rings. The van der Waals surface area contributed by atoms with Gasteiger partial charge in [-0.15, -0.1) is 0 Å². The molecule has 0 bridgehead atoms. The number of carbonyl (C=O) groups is 2. The number of amides is 1. The van der Waals surface area contributed by atoms with Crippen LogP contribution in [0, 0.1) is 23.7 Å². The minimum Gasteiger partial charge on any atom is -0.480 e. The van der Waals surface area contributed by atoms with E-state index in [0.29, 0.717) is 5.92 Å². The number of fused-ring (bicyclic) bond motifs is 1. The van der Waals surface area contributed by atoms with Crippen LogP contribution in [0.15, 0.2) is 0 Å². The first-order valence-electron chi connectivity index (χ1n) is 8.02. The van der Waals surface area contributed by atoms with Crippen LogP contribution in [0.5, 0.6) is 0 Å². The SMILES string of the molecule is CC(C)C(NC(=O)C1CCC2CCCCC2C1)C(=O)O. The third-order valence-corrected chi connectivity index (χ3v) is 5.14. The fourth-order valence-electron chi connectivity index (χ4n) is 3.90. The average Bonchev–Trinajstić information content (AvgIpc) is 2.43. The number of hydrogen-bond acceptors (Lipinski definition) is 2. The zero-order valence-electron chi connectivity index (χ0n) is 12.6. The molecule has 4 atom stereocenters. The summed E-state index contributed by atoms with van der Waals surface area (Å²) >= 11 is 0. The Hall–Kier alpha value is -1.06. The molecule has 114 valence electrons. The largest absolute Gasteiger partial charge is 0.480 e. The van der Waals surface area contributed by atoms with E-state index in [1.54, 1.807) is 0 Å². The smallest absolute Gasteiger partial charge is 0.326 e. The Morgan fingerprint density at radius 1 is 1.05 bits per heavy atom. The molecular weight excluding hydrogens is 254 g/mol. The van der Waals surface area contributed by atoms with Gasteiger partial charge in [0.15, 0.2) is 0 Å². The number of hydrogen-bond donors (Lipinski definition) is 2. The molecule has 0 aliphatic heterocycles. The van der Waals surface area contributed by atoms with Crippen molar-refractivity contribution in [3.05, 3.63) is 0 Å². The number of carbonyl (C=O) groups excluding carboxylic acids is 1. The van der Waals surface area contributed by atoms with Crippen molar-refractivity contribution in [1.82, 2.24) is 5.32 Å². The molecule has 2 aliphatic carbocycles. The van der Waals surface area contributed by atoms with Crippen LogP contribution < -0.4 is 5.32 Å². The van der Waals surface area contributed by atoms with E-state index in [2.05, 4.69) is 5.32 Å². The van der Waals surface area contributed by atoms with Gasteiger partial charge in [-0.2, -0.15) is 0 Å². The van der Waals surface area contributed by atoms with Crippen molar-refractivity contribution >= 4 is 11.9 Å². The topological polar surface area (TPSA) is 66.4 Å². The quantitative estimate of drug-likeness (QED) is 0.832. The van der Waals surface area contributed by atoms with E-state index in [-0.39, 0.29) is 17.7 Å².